The number of ether oxygens (including phenoxy) is 2. The molecule has 1 aromatic carbocycles. The van der Waals surface area contributed by atoms with Gasteiger partial charge in [-0.1, -0.05) is 12.8 Å². The molecule has 0 aromatic heterocycles. The molecule has 0 saturated heterocycles. The van der Waals surface area contributed by atoms with Crippen LogP contribution in [0.4, 0.5) is 0 Å². The molecule has 1 atom stereocenters. The molecule has 1 heterocycles. The Morgan fingerprint density at radius 2 is 2.00 bits per heavy atom. The van der Waals surface area contributed by atoms with E-state index in [0.717, 1.165) is 28.6 Å². The van der Waals surface area contributed by atoms with Crippen molar-refractivity contribution in [2.75, 3.05) is 13.2 Å². The van der Waals surface area contributed by atoms with Crippen molar-refractivity contribution in [2.45, 2.75) is 37.8 Å². The van der Waals surface area contributed by atoms with E-state index in [-0.39, 0.29) is 6.04 Å². The standard InChI is InChI=1S/C15H17BrN2O2/c16-12-7-10(8-14-15(12)20-6-5-19-14)13(9-17)18-11-3-1-2-4-11/h7-8,11,13,18H,1-6H2. The summed E-state index contributed by atoms with van der Waals surface area (Å²) in [6.07, 6.45) is 4.81. The normalized spacial score (nSPS) is 19.6. The topological polar surface area (TPSA) is 54.3 Å². The summed E-state index contributed by atoms with van der Waals surface area (Å²) in [6, 6.07) is 6.36. The smallest absolute Gasteiger partial charge is 0.175 e. The fraction of sp³-hybridized carbons (Fsp3) is 0.533. The molecule has 5 heteroatoms. The monoisotopic (exact) mass is 336 g/mol. The van der Waals surface area contributed by atoms with Crippen LogP contribution >= 0.6 is 15.9 Å². The lowest BCUT2D eigenvalue weighted by Gasteiger charge is -2.23. The molecule has 1 saturated carbocycles. The highest BCUT2D eigenvalue weighted by molar-refractivity contribution is 9.10. The molecule has 4 nitrogen and oxygen atoms in total. The fourth-order valence-corrected chi connectivity index (χ4v) is 3.41. The highest BCUT2D eigenvalue weighted by atomic mass is 79.9. The molecular weight excluding hydrogens is 320 g/mol. The maximum absolute atomic E-state index is 9.43. The molecule has 2 aliphatic rings. The van der Waals surface area contributed by atoms with Crippen molar-refractivity contribution in [3.8, 4) is 17.6 Å². The quantitative estimate of drug-likeness (QED) is 0.919. The molecule has 20 heavy (non-hydrogen) atoms. The van der Waals surface area contributed by atoms with Crippen molar-refractivity contribution < 1.29 is 9.47 Å². The van der Waals surface area contributed by atoms with Gasteiger partial charge in [0.2, 0.25) is 0 Å². The van der Waals surface area contributed by atoms with Gasteiger partial charge in [0.1, 0.15) is 19.3 Å². The highest BCUT2D eigenvalue weighted by Crippen LogP contribution is 2.40. The van der Waals surface area contributed by atoms with Crippen molar-refractivity contribution in [3.63, 3.8) is 0 Å². The Hall–Kier alpha value is -1.25. The van der Waals surface area contributed by atoms with Crippen LogP contribution in [0.15, 0.2) is 16.6 Å². The molecular formula is C15H17BrN2O2. The summed E-state index contributed by atoms with van der Waals surface area (Å²) in [5.41, 5.74) is 0.926. The van der Waals surface area contributed by atoms with E-state index in [1.54, 1.807) is 0 Å². The van der Waals surface area contributed by atoms with E-state index in [9.17, 15) is 5.26 Å². The highest BCUT2D eigenvalue weighted by Gasteiger charge is 2.23. The lowest BCUT2D eigenvalue weighted by Crippen LogP contribution is -2.30. The third-order valence-corrected chi connectivity index (χ3v) is 4.43. The second kappa shape index (κ2) is 6.02. The number of hydrogen-bond acceptors (Lipinski definition) is 4. The first-order chi connectivity index (χ1) is 9.78. The van der Waals surface area contributed by atoms with Crippen molar-refractivity contribution in [1.82, 2.24) is 5.32 Å². The van der Waals surface area contributed by atoms with Crippen molar-refractivity contribution in [1.29, 1.82) is 5.26 Å². The van der Waals surface area contributed by atoms with Gasteiger partial charge in [0, 0.05) is 6.04 Å². The van der Waals surface area contributed by atoms with Gasteiger partial charge in [0.15, 0.2) is 11.5 Å². The first kappa shape index (κ1) is 13.7. The number of rotatable bonds is 3. The van der Waals surface area contributed by atoms with Crippen LogP contribution in [-0.4, -0.2) is 19.3 Å². The molecule has 106 valence electrons. The van der Waals surface area contributed by atoms with Crippen LogP contribution in [0.1, 0.15) is 37.3 Å². The average Bonchev–Trinajstić information content (AvgIpc) is 2.97. The summed E-state index contributed by atoms with van der Waals surface area (Å²) in [5.74, 6) is 1.45. The Balaban J connectivity index is 1.84. The zero-order valence-corrected chi connectivity index (χ0v) is 12.8. The molecule has 0 amide bonds. The molecule has 1 aliphatic carbocycles. The molecule has 0 bridgehead atoms. The Morgan fingerprint density at radius 1 is 1.25 bits per heavy atom. The van der Waals surface area contributed by atoms with E-state index in [1.165, 1.54) is 12.8 Å². The number of nitriles is 1. The molecule has 1 aromatic rings. The van der Waals surface area contributed by atoms with Gasteiger partial charge in [0.05, 0.1) is 10.5 Å². The van der Waals surface area contributed by atoms with Gasteiger partial charge in [-0.05, 0) is 46.5 Å². The van der Waals surface area contributed by atoms with Gasteiger partial charge in [-0.2, -0.15) is 5.26 Å². The van der Waals surface area contributed by atoms with E-state index in [4.69, 9.17) is 9.47 Å². The Morgan fingerprint density at radius 3 is 2.75 bits per heavy atom. The first-order valence-corrected chi connectivity index (χ1v) is 7.82. The number of nitrogens with zero attached hydrogens (tertiary/aromatic N) is 1. The predicted octanol–water partition coefficient (Wildman–Crippen LogP) is 3.32. The minimum atomic E-state index is -0.301. The van der Waals surface area contributed by atoms with Crippen LogP contribution in [0.3, 0.4) is 0 Å². The molecule has 0 spiro atoms. The second-order valence-corrected chi connectivity index (χ2v) is 6.09. The summed E-state index contributed by atoms with van der Waals surface area (Å²) in [7, 11) is 0. The summed E-state index contributed by atoms with van der Waals surface area (Å²) in [4.78, 5) is 0. The molecule has 1 fully saturated rings. The summed E-state index contributed by atoms with van der Waals surface area (Å²) >= 11 is 3.50. The van der Waals surface area contributed by atoms with Crippen LogP contribution in [0, 0.1) is 11.3 Å². The van der Waals surface area contributed by atoms with Crippen LogP contribution in [-0.2, 0) is 0 Å². The minimum Gasteiger partial charge on any atom is -0.486 e. The summed E-state index contributed by atoms with van der Waals surface area (Å²) in [5, 5.41) is 12.9. The van der Waals surface area contributed by atoms with Gasteiger partial charge in [-0.25, -0.2) is 0 Å². The van der Waals surface area contributed by atoms with Crippen molar-refractivity contribution >= 4 is 15.9 Å². The van der Waals surface area contributed by atoms with E-state index < -0.39 is 0 Å². The average molecular weight is 337 g/mol. The number of benzene rings is 1. The summed E-state index contributed by atoms with van der Waals surface area (Å²) < 4.78 is 12.0. The molecule has 1 unspecified atom stereocenters. The van der Waals surface area contributed by atoms with Crippen molar-refractivity contribution in [2.24, 2.45) is 0 Å². The number of fused-ring (bicyclic) bond motifs is 1. The van der Waals surface area contributed by atoms with E-state index >= 15 is 0 Å². The van der Waals surface area contributed by atoms with Crippen LogP contribution in [0.25, 0.3) is 0 Å². The van der Waals surface area contributed by atoms with Gasteiger partial charge in [-0.15, -0.1) is 0 Å². The zero-order valence-electron chi connectivity index (χ0n) is 11.2. The second-order valence-electron chi connectivity index (χ2n) is 5.24. The molecule has 1 N–H and O–H groups in total. The zero-order chi connectivity index (χ0) is 13.9. The number of nitrogens with one attached hydrogen (secondary N) is 1. The number of hydrogen-bond donors (Lipinski definition) is 1. The van der Waals surface area contributed by atoms with E-state index in [1.807, 2.05) is 12.1 Å². The van der Waals surface area contributed by atoms with Gasteiger partial charge < -0.3 is 9.47 Å². The Kier molecular flexibility index (Phi) is 4.13. The predicted molar refractivity (Wildman–Crippen MR) is 78.9 cm³/mol. The Labute approximate surface area is 127 Å². The third kappa shape index (κ3) is 2.77. The maximum Gasteiger partial charge on any atom is 0.175 e. The maximum atomic E-state index is 9.43. The minimum absolute atomic E-state index is 0.301. The fourth-order valence-electron chi connectivity index (χ4n) is 2.83. The number of halogens is 1. The van der Waals surface area contributed by atoms with Crippen LogP contribution in [0.5, 0.6) is 11.5 Å². The van der Waals surface area contributed by atoms with Gasteiger partial charge in [-0.3, -0.25) is 5.32 Å². The third-order valence-electron chi connectivity index (χ3n) is 3.84. The van der Waals surface area contributed by atoms with Gasteiger partial charge in [0.25, 0.3) is 0 Å². The van der Waals surface area contributed by atoms with E-state index in [2.05, 4.69) is 27.3 Å². The summed E-state index contributed by atoms with van der Waals surface area (Å²) in [6.45, 7) is 1.11. The molecule has 0 radical (unpaired) electrons. The SMILES string of the molecule is N#CC(NC1CCCC1)c1cc(Br)c2c(c1)OCCO2. The lowest BCUT2D eigenvalue weighted by molar-refractivity contribution is 0.170. The lowest BCUT2D eigenvalue weighted by atomic mass is 10.1. The first-order valence-electron chi connectivity index (χ1n) is 7.02. The largest absolute Gasteiger partial charge is 0.486 e. The molecule has 3 rings (SSSR count). The van der Waals surface area contributed by atoms with E-state index in [0.29, 0.717) is 25.0 Å². The van der Waals surface area contributed by atoms with Gasteiger partial charge >= 0.3 is 0 Å². The Bertz CT molecular complexity index is 535. The molecule has 1 aliphatic heterocycles. The van der Waals surface area contributed by atoms with Crippen LogP contribution < -0.4 is 14.8 Å². The van der Waals surface area contributed by atoms with Crippen molar-refractivity contribution in [3.05, 3.63) is 22.2 Å². The van der Waals surface area contributed by atoms with Crippen LogP contribution in [0.2, 0.25) is 0 Å².